The molecule has 0 heterocycles. The van der Waals surface area contributed by atoms with Gasteiger partial charge in [-0.15, -0.1) is 0 Å². The summed E-state index contributed by atoms with van der Waals surface area (Å²) >= 11 is 5.89. The maximum atomic E-state index is 12.5. The number of hydrogen-bond donors (Lipinski definition) is 1. The van der Waals surface area contributed by atoms with E-state index < -0.39 is 27.1 Å². The monoisotopic (exact) mass is 336 g/mol. The van der Waals surface area contributed by atoms with Crippen LogP contribution in [0.25, 0.3) is 0 Å². The molecule has 21 heavy (non-hydrogen) atoms. The van der Waals surface area contributed by atoms with E-state index in [1.165, 1.54) is 33.9 Å². The zero-order valence-electron chi connectivity index (χ0n) is 12.1. The van der Waals surface area contributed by atoms with Gasteiger partial charge in [0.1, 0.15) is 0 Å². The predicted octanol–water partition coefficient (Wildman–Crippen LogP) is 1.95. The van der Waals surface area contributed by atoms with E-state index >= 15 is 0 Å². The largest absolute Gasteiger partial charge is 0.394 e. The molecule has 0 atom stereocenters. The number of sulfonamides is 1. The third-order valence-electron chi connectivity index (χ3n) is 3.38. The van der Waals surface area contributed by atoms with Crippen molar-refractivity contribution in [3.63, 3.8) is 0 Å². The van der Waals surface area contributed by atoms with Crippen LogP contribution in [-0.2, 0) is 10.0 Å². The molecule has 0 saturated heterocycles. The molecule has 0 aliphatic carbocycles. The molecule has 9 heteroatoms. The van der Waals surface area contributed by atoms with Crippen molar-refractivity contribution in [3.05, 3.63) is 32.8 Å². The Balaban J connectivity index is 3.50. The standard InChI is InChI=1S/C12H17ClN2O5S/c1-8-10(13)5-9(6-11(8)15(17)18)21(19,20)14(4)12(2,3)7-16/h5-6,16H,7H2,1-4H3. The number of rotatable bonds is 5. The lowest BCUT2D eigenvalue weighted by molar-refractivity contribution is -0.385. The van der Waals surface area contributed by atoms with Crippen LogP contribution in [-0.4, -0.2) is 41.9 Å². The topological polar surface area (TPSA) is 101 Å². The van der Waals surface area contributed by atoms with Crippen molar-refractivity contribution in [1.82, 2.24) is 4.31 Å². The molecular formula is C12H17ClN2O5S. The van der Waals surface area contributed by atoms with Gasteiger partial charge in [-0.2, -0.15) is 4.31 Å². The molecule has 1 aromatic rings. The van der Waals surface area contributed by atoms with Crippen molar-refractivity contribution < 1.29 is 18.4 Å². The Labute approximate surface area is 128 Å². The van der Waals surface area contributed by atoms with E-state index in [0.29, 0.717) is 0 Å². The molecule has 118 valence electrons. The second kappa shape index (κ2) is 5.88. The molecule has 0 spiro atoms. The number of benzene rings is 1. The highest BCUT2D eigenvalue weighted by Gasteiger charge is 2.35. The Morgan fingerprint density at radius 2 is 1.95 bits per heavy atom. The van der Waals surface area contributed by atoms with Crippen LogP contribution in [0.2, 0.25) is 5.02 Å². The fourth-order valence-electron chi connectivity index (χ4n) is 1.56. The summed E-state index contributed by atoms with van der Waals surface area (Å²) in [6, 6.07) is 2.14. The summed E-state index contributed by atoms with van der Waals surface area (Å²) in [4.78, 5) is 10.0. The van der Waals surface area contributed by atoms with Gasteiger partial charge in [0.2, 0.25) is 10.0 Å². The summed E-state index contributed by atoms with van der Waals surface area (Å²) in [6.45, 7) is 4.12. The maximum absolute atomic E-state index is 12.5. The van der Waals surface area contributed by atoms with Gasteiger partial charge in [0.05, 0.1) is 27.0 Å². The van der Waals surface area contributed by atoms with E-state index in [-0.39, 0.29) is 21.2 Å². The molecule has 0 aromatic heterocycles. The zero-order chi connectivity index (χ0) is 16.6. The van der Waals surface area contributed by atoms with Crippen LogP contribution in [0, 0.1) is 17.0 Å². The van der Waals surface area contributed by atoms with Gasteiger partial charge >= 0.3 is 0 Å². The normalized spacial score (nSPS) is 12.7. The summed E-state index contributed by atoms with van der Waals surface area (Å²) in [5, 5.41) is 20.2. The van der Waals surface area contributed by atoms with E-state index in [0.717, 1.165) is 10.4 Å². The summed E-state index contributed by atoms with van der Waals surface area (Å²) < 4.78 is 26.0. The fraction of sp³-hybridized carbons (Fsp3) is 0.500. The van der Waals surface area contributed by atoms with E-state index in [9.17, 15) is 23.6 Å². The van der Waals surface area contributed by atoms with E-state index in [1.54, 1.807) is 0 Å². The first-order chi connectivity index (χ1) is 9.45. The average Bonchev–Trinajstić information content (AvgIpc) is 2.40. The Kier molecular flexibility index (Phi) is 4.99. The van der Waals surface area contributed by atoms with Crippen molar-refractivity contribution in [2.75, 3.05) is 13.7 Å². The number of aliphatic hydroxyl groups excluding tert-OH is 1. The second-order valence-electron chi connectivity index (χ2n) is 5.25. The molecule has 0 unspecified atom stereocenters. The molecule has 0 fully saturated rings. The highest BCUT2D eigenvalue weighted by molar-refractivity contribution is 7.89. The molecule has 0 radical (unpaired) electrons. The summed E-state index contributed by atoms with van der Waals surface area (Å²) in [6.07, 6.45) is 0. The van der Waals surface area contributed by atoms with Gasteiger partial charge in [0, 0.05) is 18.7 Å². The van der Waals surface area contributed by atoms with Crippen molar-refractivity contribution in [2.45, 2.75) is 31.2 Å². The molecule has 0 aliphatic heterocycles. The molecule has 1 aromatic carbocycles. The highest BCUT2D eigenvalue weighted by Crippen LogP contribution is 2.32. The third-order valence-corrected chi connectivity index (χ3v) is 5.82. The minimum Gasteiger partial charge on any atom is -0.394 e. The fourth-order valence-corrected chi connectivity index (χ4v) is 3.39. The Morgan fingerprint density at radius 3 is 2.38 bits per heavy atom. The van der Waals surface area contributed by atoms with Crippen LogP contribution in [0.3, 0.4) is 0 Å². The molecule has 1 N–H and O–H groups in total. The lowest BCUT2D eigenvalue weighted by Gasteiger charge is -2.32. The Morgan fingerprint density at radius 1 is 1.43 bits per heavy atom. The van der Waals surface area contributed by atoms with Crippen LogP contribution in [0.15, 0.2) is 17.0 Å². The van der Waals surface area contributed by atoms with Crippen LogP contribution in [0.5, 0.6) is 0 Å². The number of nitrogens with zero attached hydrogens (tertiary/aromatic N) is 2. The van der Waals surface area contributed by atoms with Gasteiger partial charge < -0.3 is 5.11 Å². The van der Waals surface area contributed by atoms with Crippen molar-refractivity contribution in [3.8, 4) is 0 Å². The van der Waals surface area contributed by atoms with Gasteiger partial charge in [-0.05, 0) is 26.8 Å². The molecule has 0 saturated carbocycles. The molecular weight excluding hydrogens is 320 g/mol. The average molecular weight is 337 g/mol. The first kappa shape index (κ1) is 17.8. The van der Waals surface area contributed by atoms with Gasteiger partial charge in [-0.3, -0.25) is 10.1 Å². The highest BCUT2D eigenvalue weighted by atomic mass is 35.5. The van der Waals surface area contributed by atoms with Gasteiger partial charge in [0.15, 0.2) is 0 Å². The van der Waals surface area contributed by atoms with Crippen LogP contribution in [0.1, 0.15) is 19.4 Å². The Bertz CT molecular complexity index is 672. The minimum atomic E-state index is -4.02. The number of nitro groups is 1. The third kappa shape index (κ3) is 3.34. The number of aliphatic hydroxyl groups is 1. The van der Waals surface area contributed by atoms with Gasteiger partial charge in [0.25, 0.3) is 5.69 Å². The number of hydrogen-bond acceptors (Lipinski definition) is 5. The zero-order valence-corrected chi connectivity index (χ0v) is 13.7. The number of likely N-dealkylation sites (N-methyl/N-ethyl adjacent to an activating group) is 1. The van der Waals surface area contributed by atoms with E-state index in [4.69, 9.17) is 11.6 Å². The lowest BCUT2D eigenvalue weighted by Crippen LogP contribution is -2.47. The van der Waals surface area contributed by atoms with Crippen LogP contribution in [0.4, 0.5) is 5.69 Å². The molecule has 7 nitrogen and oxygen atoms in total. The summed E-state index contributed by atoms with van der Waals surface area (Å²) in [5.74, 6) is 0. The number of halogens is 1. The first-order valence-electron chi connectivity index (χ1n) is 5.99. The maximum Gasteiger partial charge on any atom is 0.275 e. The van der Waals surface area contributed by atoms with Crippen LogP contribution >= 0.6 is 11.6 Å². The molecule has 0 amide bonds. The molecule has 1 rings (SSSR count). The molecule has 0 aliphatic rings. The lowest BCUT2D eigenvalue weighted by atomic mass is 10.1. The second-order valence-corrected chi connectivity index (χ2v) is 7.63. The van der Waals surface area contributed by atoms with Crippen LogP contribution < -0.4 is 0 Å². The van der Waals surface area contributed by atoms with E-state index in [2.05, 4.69) is 0 Å². The number of nitro benzene ring substituents is 1. The van der Waals surface area contributed by atoms with E-state index in [1.807, 2.05) is 0 Å². The SMILES string of the molecule is Cc1c(Cl)cc(S(=O)(=O)N(C)C(C)(C)CO)cc1[N+](=O)[O-]. The summed E-state index contributed by atoms with van der Waals surface area (Å²) in [5.41, 5.74) is -1.22. The Hall–Kier alpha value is -1.22. The van der Waals surface area contributed by atoms with Gasteiger partial charge in [-0.25, -0.2) is 8.42 Å². The van der Waals surface area contributed by atoms with Crippen molar-refractivity contribution >= 4 is 27.3 Å². The van der Waals surface area contributed by atoms with Crippen molar-refractivity contribution in [2.24, 2.45) is 0 Å². The summed E-state index contributed by atoms with van der Waals surface area (Å²) in [7, 11) is -2.72. The molecule has 0 bridgehead atoms. The van der Waals surface area contributed by atoms with Gasteiger partial charge in [-0.1, -0.05) is 11.6 Å². The minimum absolute atomic E-state index is 0.00187. The predicted molar refractivity (Wildman–Crippen MR) is 79.0 cm³/mol. The smallest absolute Gasteiger partial charge is 0.275 e. The quantitative estimate of drug-likeness (QED) is 0.654. The first-order valence-corrected chi connectivity index (χ1v) is 7.81. The van der Waals surface area contributed by atoms with Crippen molar-refractivity contribution in [1.29, 1.82) is 0 Å².